The average molecular weight is 412 g/mol. The third-order valence-electron chi connectivity index (χ3n) is 5.54. The molecule has 2 aromatic carbocycles. The number of carbonyl (C=O) groups excluding carboxylic acids is 1. The fraction of sp³-hybridized carbons (Fsp3) is 0.125. The van der Waals surface area contributed by atoms with Crippen LogP contribution in [0.3, 0.4) is 0 Å². The standard InChI is InChI=1S/C24H20N4O3/c1-31-19-8-4-16(5-9-19)21-20-22(27-26-21)24(30)28(14-15-10-12-25-13-11-15)23(20)17-2-6-18(29)7-3-17/h2-13,23,29H,14H2,1H3,(H,26,27). The molecule has 0 saturated heterocycles. The van der Waals surface area contributed by atoms with E-state index in [4.69, 9.17) is 4.74 Å². The number of amides is 1. The molecule has 4 aromatic rings. The quantitative estimate of drug-likeness (QED) is 0.518. The van der Waals surface area contributed by atoms with Crippen molar-refractivity contribution in [3.63, 3.8) is 0 Å². The highest BCUT2D eigenvalue weighted by Gasteiger charge is 2.42. The lowest BCUT2D eigenvalue weighted by Crippen LogP contribution is -2.29. The van der Waals surface area contributed by atoms with Gasteiger partial charge in [-0.1, -0.05) is 12.1 Å². The Balaban J connectivity index is 1.63. The molecule has 0 spiro atoms. The number of aromatic hydroxyl groups is 1. The van der Waals surface area contributed by atoms with Gasteiger partial charge in [0.25, 0.3) is 5.91 Å². The zero-order valence-electron chi connectivity index (χ0n) is 16.8. The van der Waals surface area contributed by atoms with E-state index in [0.29, 0.717) is 12.2 Å². The highest BCUT2D eigenvalue weighted by molar-refractivity contribution is 6.00. The minimum atomic E-state index is -0.341. The molecule has 5 rings (SSSR count). The Kier molecular flexibility index (Phi) is 4.63. The summed E-state index contributed by atoms with van der Waals surface area (Å²) in [6.07, 6.45) is 3.43. The van der Waals surface area contributed by atoms with Crippen molar-refractivity contribution in [3.8, 4) is 22.8 Å². The second kappa shape index (κ2) is 7.60. The highest BCUT2D eigenvalue weighted by Crippen LogP contribution is 2.43. The summed E-state index contributed by atoms with van der Waals surface area (Å²) in [6.45, 7) is 0.428. The van der Waals surface area contributed by atoms with Crippen LogP contribution in [0.4, 0.5) is 0 Å². The number of carbonyl (C=O) groups is 1. The molecule has 0 fully saturated rings. The molecule has 154 valence electrons. The Bertz CT molecular complexity index is 1220. The van der Waals surface area contributed by atoms with Crippen LogP contribution in [-0.2, 0) is 6.54 Å². The molecule has 7 nitrogen and oxygen atoms in total. The summed E-state index contributed by atoms with van der Waals surface area (Å²) in [6, 6.07) is 18.0. The van der Waals surface area contributed by atoms with E-state index in [1.165, 1.54) is 0 Å². The van der Waals surface area contributed by atoms with E-state index in [1.807, 2.05) is 53.4 Å². The maximum absolute atomic E-state index is 13.4. The summed E-state index contributed by atoms with van der Waals surface area (Å²) >= 11 is 0. The molecule has 7 heteroatoms. The number of ether oxygens (including phenoxy) is 1. The van der Waals surface area contributed by atoms with Gasteiger partial charge in [-0.2, -0.15) is 5.10 Å². The zero-order chi connectivity index (χ0) is 21.4. The molecule has 1 aliphatic heterocycles. The van der Waals surface area contributed by atoms with Crippen molar-refractivity contribution < 1.29 is 14.6 Å². The molecule has 1 unspecified atom stereocenters. The Morgan fingerprint density at radius 1 is 1.03 bits per heavy atom. The summed E-state index contributed by atoms with van der Waals surface area (Å²) in [5.41, 5.74) is 4.81. The van der Waals surface area contributed by atoms with Crippen LogP contribution in [-0.4, -0.2) is 38.2 Å². The summed E-state index contributed by atoms with van der Waals surface area (Å²) in [7, 11) is 1.62. The van der Waals surface area contributed by atoms with Crippen LogP contribution in [0.15, 0.2) is 73.1 Å². The van der Waals surface area contributed by atoms with E-state index in [9.17, 15) is 9.90 Å². The molecule has 2 aromatic heterocycles. The zero-order valence-corrected chi connectivity index (χ0v) is 16.8. The lowest BCUT2D eigenvalue weighted by atomic mass is 9.96. The van der Waals surface area contributed by atoms with Crippen LogP contribution in [0, 0.1) is 0 Å². The molecule has 1 atom stereocenters. The molecule has 2 N–H and O–H groups in total. The summed E-state index contributed by atoms with van der Waals surface area (Å²) in [4.78, 5) is 19.2. The van der Waals surface area contributed by atoms with Crippen molar-refractivity contribution in [2.24, 2.45) is 0 Å². The van der Waals surface area contributed by atoms with Crippen molar-refractivity contribution in [1.82, 2.24) is 20.1 Å². The molecule has 0 bridgehead atoms. The third-order valence-corrected chi connectivity index (χ3v) is 5.54. The van der Waals surface area contributed by atoms with E-state index < -0.39 is 0 Å². The van der Waals surface area contributed by atoms with Gasteiger partial charge < -0.3 is 14.7 Å². The lowest BCUT2D eigenvalue weighted by Gasteiger charge is -2.26. The SMILES string of the molecule is COc1ccc(-c2n[nH]c3c2C(c2ccc(O)cc2)N(Cc2ccncc2)C3=O)cc1. The van der Waals surface area contributed by atoms with Gasteiger partial charge in [0.05, 0.1) is 18.8 Å². The number of benzene rings is 2. The minimum absolute atomic E-state index is 0.114. The topological polar surface area (TPSA) is 91.3 Å². The third kappa shape index (κ3) is 3.30. The number of hydrogen-bond acceptors (Lipinski definition) is 5. The Hall–Kier alpha value is -4.13. The van der Waals surface area contributed by atoms with E-state index in [2.05, 4.69) is 15.2 Å². The van der Waals surface area contributed by atoms with Crippen LogP contribution in [0.1, 0.15) is 33.2 Å². The van der Waals surface area contributed by atoms with E-state index in [1.54, 1.807) is 31.6 Å². The fourth-order valence-electron chi connectivity index (χ4n) is 4.02. The van der Waals surface area contributed by atoms with Gasteiger partial charge in [0, 0.05) is 30.1 Å². The number of nitrogens with one attached hydrogen (secondary N) is 1. The lowest BCUT2D eigenvalue weighted by molar-refractivity contribution is 0.0730. The number of aromatic nitrogens is 3. The molecular formula is C24H20N4O3. The molecule has 0 saturated carbocycles. The number of H-pyrrole nitrogens is 1. The van der Waals surface area contributed by atoms with Crippen LogP contribution in [0.2, 0.25) is 0 Å². The van der Waals surface area contributed by atoms with Crippen LogP contribution < -0.4 is 4.74 Å². The van der Waals surface area contributed by atoms with Gasteiger partial charge in [0.15, 0.2) is 0 Å². The Morgan fingerprint density at radius 2 is 1.74 bits per heavy atom. The van der Waals surface area contributed by atoms with Crippen LogP contribution in [0.5, 0.6) is 11.5 Å². The predicted molar refractivity (Wildman–Crippen MR) is 115 cm³/mol. The van der Waals surface area contributed by atoms with E-state index >= 15 is 0 Å². The Labute approximate surface area is 179 Å². The summed E-state index contributed by atoms with van der Waals surface area (Å²) < 4.78 is 5.26. The van der Waals surface area contributed by atoms with Gasteiger partial charge in [0.1, 0.15) is 17.2 Å². The first-order valence-corrected chi connectivity index (χ1v) is 9.87. The van der Waals surface area contributed by atoms with E-state index in [0.717, 1.165) is 33.7 Å². The van der Waals surface area contributed by atoms with Gasteiger partial charge in [-0.3, -0.25) is 14.9 Å². The van der Waals surface area contributed by atoms with Crippen molar-refractivity contribution in [2.45, 2.75) is 12.6 Å². The molecule has 0 aliphatic carbocycles. The first-order chi connectivity index (χ1) is 15.2. The van der Waals surface area contributed by atoms with E-state index in [-0.39, 0.29) is 17.7 Å². The molecule has 1 aliphatic rings. The van der Waals surface area contributed by atoms with Crippen molar-refractivity contribution in [2.75, 3.05) is 7.11 Å². The average Bonchev–Trinajstić information content (AvgIpc) is 3.35. The van der Waals surface area contributed by atoms with Gasteiger partial charge in [-0.25, -0.2) is 0 Å². The van der Waals surface area contributed by atoms with Crippen LogP contribution in [0.25, 0.3) is 11.3 Å². The van der Waals surface area contributed by atoms with Crippen molar-refractivity contribution in [1.29, 1.82) is 0 Å². The van der Waals surface area contributed by atoms with Gasteiger partial charge in [0.2, 0.25) is 0 Å². The second-order valence-electron chi connectivity index (χ2n) is 7.37. The number of fused-ring (bicyclic) bond motifs is 1. The smallest absolute Gasteiger partial charge is 0.273 e. The van der Waals surface area contributed by atoms with Gasteiger partial charge >= 0.3 is 0 Å². The first-order valence-electron chi connectivity index (χ1n) is 9.87. The monoisotopic (exact) mass is 412 g/mol. The number of aromatic amines is 1. The van der Waals surface area contributed by atoms with Crippen molar-refractivity contribution >= 4 is 5.91 Å². The second-order valence-corrected chi connectivity index (χ2v) is 7.37. The number of pyridine rings is 1. The number of methoxy groups -OCH3 is 1. The van der Waals surface area contributed by atoms with Crippen LogP contribution >= 0.6 is 0 Å². The molecule has 1 amide bonds. The maximum atomic E-state index is 13.4. The number of nitrogens with zero attached hydrogens (tertiary/aromatic N) is 3. The predicted octanol–water partition coefficient (Wildman–Crippen LogP) is 3.93. The highest BCUT2D eigenvalue weighted by atomic mass is 16.5. The van der Waals surface area contributed by atoms with Gasteiger partial charge in [-0.05, 0) is 59.7 Å². The normalized spacial score (nSPS) is 15.2. The van der Waals surface area contributed by atoms with Gasteiger partial charge in [-0.15, -0.1) is 0 Å². The molecule has 31 heavy (non-hydrogen) atoms. The minimum Gasteiger partial charge on any atom is -0.508 e. The molecule has 0 radical (unpaired) electrons. The number of hydrogen-bond donors (Lipinski definition) is 2. The number of phenols is 1. The number of rotatable bonds is 5. The fourth-order valence-corrected chi connectivity index (χ4v) is 4.02. The molecular weight excluding hydrogens is 392 g/mol. The summed E-state index contributed by atoms with van der Waals surface area (Å²) in [5, 5.41) is 17.2. The summed E-state index contributed by atoms with van der Waals surface area (Å²) in [5.74, 6) is 0.815. The number of phenolic OH excluding ortho intramolecular Hbond substituents is 1. The first kappa shape index (κ1) is 18.9. The van der Waals surface area contributed by atoms with Crippen molar-refractivity contribution in [3.05, 3.63) is 95.4 Å². The maximum Gasteiger partial charge on any atom is 0.273 e. The Morgan fingerprint density at radius 3 is 2.42 bits per heavy atom. The largest absolute Gasteiger partial charge is 0.508 e. The molecule has 3 heterocycles.